The number of hydroxylamine groups is 1. The third-order valence-electron chi connectivity index (χ3n) is 10.6. The van der Waals surface area contributed by atoms with Crippen LogP contribution in [-0.4, -0.2) is 15.1 Å². The highest BCUT2D eigenvalue weighted by molar-refractivity contribution is 6.09. The summed E-state index contributed by atoms with van der Waals surface area (Å²) >= 11 is 0. The van der Waals surface area contributed by atoms with Crippen LogP contribution >= 0.6 is 0 Å². The summed E-state index contributed by atoms with van der Waals surface area (Å²) in [5, 5.41) is 6.36. The summed E-state index contributed by atoms with van der Waals surface area (Å²) in [5.74, 6) is 0.891. The van der Waals surface area contributed by atoms with E-state index in [1.165, 1.54) is 38.6 Å². The molecule has 0 atom stereocenters. The molecule has 0 spiro atoms. The van der Waals surface area contributed by atoms with Gasteiger partial charge in [0.25, 0.3) is 0 Å². The van der Waals surface area contributed by atoms with Gasteiger partial charge in [-0.05, 0) is 103 Å². The van der Waals surface area contributed by atoms with Gasteiger partial charge in [-0.25, -0.2) is 10.0 Å². The summed E-state index contributed by atoms with van der Waals surface area (Å²) in [6.07, 6.45) is 1.94. The van der Waals surface area contributed by atoms with Gasteiger partial charge in [-0.15, -0.1) is 4.94 Å². The molecule has 0 unspecified atom stereocenters. The number of aromatic nitrogens is 2. The lowest BCUT2D eigenvalue weighted by molar-refractivity contribution is 0.0842. The van der Waals surface area contributed by atoms with Crippen LogP contribution in [0.15, 0.2) is 164 Å². The minimum atomic E-state index is -0.321. The summed E-state index contributed by atoms with van der Waals surface area (Å²) < 4.78 is 2.32. The highest BCUT2D eigenvalue weighted by Gasteiger charge is 2.36. The maximum atomic E-state index is 6.54. The molecule has 0 bridgehead atoms. The second kappa shape index (κ2) is 12.5. The molecule has 9 rings (SSSR count). The average molecular weight is 691 g/mol. The van der Waals surface area contributed by atoms with Crippen molar-refractivity contribution in [2.45, 2.75) is 45.6 Å². The van der Waals surface area contributed by atoms with E-state index in [0.29, 0.717) is 0 Å². The van der Waals surface area contributed by atoms with Crippen LogP contribution in [0.4, 0.5) is 17.1 Å². The maximum Gasteiger partial charge on any atom is 0.138 e. The van der Waals surface area contributed by atoms with E-state index in [1.54, 1.807) is 0 Å². The summed E-state index contributed by atoms with van der Waals surface area (Å²) in [4.78, 5) is 11.5. The second-order valence-electron chi connectivity index (χ2n) is 15.4. The first-order valence-electron chi connectivity index (χ1n) is 18.3. The number of fused-ring (bicyclic) bond motifs is 4. The number of benzene rings is 6. The maximum absolute atomic E-state index is 6.54. The Morgan fingerprint density at radius 3 is 1.96 bits per heavy atom. The third-order valence-corrected chi connectivity index (χ3v) is 10.6. The van der Waals surface area contributed by atoms with Gasteiger partial charge in [0, 0.05) is 22.4 Å². The summed E-state index contributed by atoms with van der Waals surface area (Å²) in [5.41, 5.74) is 11.9. The van der Waals surface area contributed by atoms with Crippen molar-refractivity contribution >= 4 is 38.9 Å². The summed E-state index contributed by atoms with van der Waals surface area (Å²) in [6, 6.07) is 56.2. The first-order valence-corrected chi connectivity index (χ1v) is 18.3. The summed E-state index contributed by atoms with van der Waals surface area (Å²) in [7, 11) is 0. The van der Waals surface area contributed by atoms with Crippen LogP contribution in [0, 0.1) is 0 Å². The average Bonchev–Trinajstić information content (AvgIpc) is 3.75. The van der Waals surface area contributed by atoms with Crippen LogP contribution in [0.1, 0.15) is 45.7 Å². The first kappa shape index (κ1) is 32.7. The Hall–Kier alpha value is -6.17. The molecule has 0 radical (unpaired) electrons. The summed E-state index contributed by atoms with van der Waals surface area (Å²) in [6.45, 7) is 11.1. The number of hydrogen-bond donors (Lipinski definition) is 0. The molecule has 5 nitrogen and oxygen atoms in total. The van der Waals surface area contributed by atoms with Gasteiger partial charge in [0.15, 0.2) is 0 Å². The van der Waals surface area contributed by atoms with E-state index in [4.69, 9.17) is 9.92 Å². The fourth-order valence-electron chi connectivity index (χ4n) is 7.75. The van der Waals surface area contributed by atoms with E-state index < -0.39 is 0 Å². The number of nitrogens with zero attached hydrogens (tertiary/aromatic N) is 4. The largest absolute Gasteiger partial charge is 0.294 e. The Morgan fingerprint density at radius 2 is 1.17 bits per heavy atom. The van der Waals surface area contributed by atoms with E-state index >= 15 is 0 Å². The number of anilines is 3. The Kier molecular flexibility index (Phi) is 7.72. The zero-order valence-electron chi connectivity index (χ0n) is 30.8. The van der Waals surface area contributed by atoms with Gasteiger partial charge >= 0.3 is 0 Å². The van der Waals surface area contributed by atoms with Gasteiger partial charge < -0.3 is 0 Å². The molecule has 1 aliphatic heterocycles. The van der Waals surface area contributed by atoms with Crippen molar-refractivity contribution < 1.29 is 4.94 Å². The Morgan fingerprint density at radius 1 is 0.509 bits per heavy atom. The number of pyridine rings is 1. The highest BCUT2D eigenvalue weighted by Crippen LogP contribution is 2.46. The molecule has 0 amide bonds. The van der Waals surface area contributed by atoms with Gasteiger partial charge in [-0.2, -0.15) is 5.06 Å². The van der Waals surface area contributed by atoms with Gasteiger partial charge in [-0.3, -0.25) is 4.57 Å². The van der Waals surface area contributed by atoms with Crippen LogP contribution in [0.2, 0.25) is 0 Å². The van der Waals surface area contributed by atoms with Crippen molar-refractivity contribution in [3.05, 3.63) is 175 Å². The van der Waals surface area contributed by atoms with Crippen molar-refractivity contribution in [2.75, 3.05) is 10.1 Å². The molecule has 260 valence electrons. The standard InChI is InChI=1S/C48H42N4O/c1-47(2,3)52-44-25-14-13-24-43(44)51(53-52)37-19-15-18-35(31-37)48(4,5)36-26-27-41-40-22-11-12-23-42(40)50(45(41)32-36)46-30-34(28-29-49-46)39-21-10-9-20-38(39)33-16-7-6-8-17-33/h6-32H,1-5H3. The minimum Gasteiger partial charge on any atom is -0.294 e. The molecule has 1 aliphatic rings. The van der Waals surface area contributed by atoms with Crippen molar-refractivity contribution in [2.24, 2.45) is 0 Å². The Balaban J connectivity index is 1.14. The molecule has 0 N–H and O–H groups in total. The van der Waals surface area contributed by atoms with Gasteiger partial charge in [-0.1, -0.05) is 123 Å². The molecular formula is C48H42N4O. The predicted molar refractivity (Wildman–Crippen MR) is 220 cm³/mol. The lowest BCUT2D eigenvalue weighted by atomic mass is 9.77. The fraction of sp³-hybridized carbons (Fsp3) is 0.146. The van der Waals surface area contributed by atoms with E-state index in [0.717, 1.165) is 39.5 Å². The van der Waals surface area contributed by atoms with Crippen LogP contribution in [0.3, 0.4) is 0 Å². The molecule has 2 aromatic heterocycles. The van der Waals surface area contributed by atoms with E-state index in [-0.39, 0.29) is 11.0 Å². The molecule has 5 heteroatoms. The highest BCUT2D eigenvalue weighted by atomic mass is 16.8. The van der Waals surface area contributed by atoms with Crippen molar-refractivity contribution in [3.63, 3.8) is 0 Å². The van der Waals surface area contributed by atoms with Crippen molar-refractivity contribution in [1.29, 1.82) is 0 Å². The molecule has 0 saturated carbocycles. The zero-order valence-corrected chi connectivity index (χ0v) is 30.8. The molecule has 0 fully saturated rings. The first-order chi connectivity index (χ1) is 25.7. The molecule has 0 saturated heterocycles. The van der Waals surface area contributed by atoms with Crippen molar-refractivity contribution in [1.82, 2.24) is 9.55 Å². The second-order valence-corrected chi connectivity index (χ2v) is 15.4. The van der Waals surface area contributed by atoms with Crippen molar-refractivity contribution in [3.8, 4) is 28.1 Å². The molecular weight excluding hydrogens is 649 g/mol. The molecule has 6 aromatic carbocycles. The van der Waals surface area contributed by atoms with Crippen LogP contribution in [0.25, 0.3) is 49.9 Å². The van der Waals surface area contributed by atoms with Gasteiger partial charge in [0.1, 0.15) is 5.82 Å². The zero-order chi connectivity index (χ0) is 36.3. The number of rotatable bonds is 6. The molecule has 8 aromatic rings. The smallest absolute Gasteiger partial charge is 0.138 e. The molecule has 3 heterocycles. The predicted octanol–water partition coefficient (Wildman–Crippen LogP) is 12.4. The number of para-hydroxylation sites is 3. The van der Waals surface area contributed by atoms with E-state index in [9.17, 15) is 0 Å². The fourth-order valence-corrected chi connectivity index (χ4v) is 7.75. The molecule has 0 aliphatic carbocycles. The normalized spacial score (nSPS) is 13.2. The SMILES string of the molecule is CC(C)(c1cccc(N2ON(C(C)(C)C)c3ccccc32)c1)c1ccc2c3ccccc3n(-c3cc(-c4ccccc4-c4ccccc4)ccn3)c2c1. The van der Waals surface area contributed by atoms with Crippen LogP contribution in [0.5, 0.6) is 0 Å². The van der Waals surface area contributed by atoms with Gasteiger partial charge in [0.2, 0.25) is 0 Å². The number of hydrogen-bond acceptors (Lipinski definition) is 4. The van der Waals surface area contributed by atoms with Crippen LogP contribution in [-0.2, 0) is 10.4 Å². The minimum absolute atomic E-state index is 0.213. The van der Waals surface area contributed by atoms with Crippen LogP contribution < -0.4 is 10.1 Å². The molecule has 53 heavy (non-hydrogen) atoms. The quantitative estimate of drug-likeness (QED) is 0.174. The van der Waals surface area contributed by atoms with E-state index in [2.05, 4.69) is 197 Å². The monoisotopic (exact) mass is 690 g/mol. The van der Waals surface area contributed by atoms with Gasteiger partial charge in [0.05, 0.1) is 33.6 Å². The third kappa shape index (κ3) is 5.56. The lowest BCUT2D eigenvalue weighted by Crippen LogP contribution is -2.41. The topological polar surface area (TPSA) is 33.5 Å². The van der Waals surface area contributed by atoms with E-state index in [1.807, 2.05) is 16.3 Å². The lowest BCUT2D eigenvalue weighted by Gasteiger charge is -2.32. The Labute approximate surface area is 311 Å². The Bertz CT molecular complexity index is 2630.